The van der Waals surface area contributed by atoms with Crippen LogP contribution >= 0.6 is 11.6 Å². The fraction of sp³-hybridized carbons (Fsp3) is 0.0526. The Bertz CT molecular complexity index is 1090. The first kappa shape index (κ1) is 17.0. The molecule has 0 spiro atoms. The van der Waals surface area contributed by atoms with Crippen LogP contribution in [0.2, 0.25) is 5.02 Å². The van der Waals surface area contributed by atoms with Gasteiger partial charge in [-0.25, -0.2) is 14.6 Å². The van der Waals surface area contributed by atoms with Crippen molar-refractivity contribution in [1.82, 2.24) is 19.7 Å². The first-order valence-electron chi connectivity index (χ1n) is 8.11. The van der Waals surface area contributed by atoms with E-state index in [2.05, 4.69) is 20.4 Å². The van der Waals surface area contributed by atoms with Crippen molar-refractivity contribution in [2.45, 2.75) is 6.92 Å². The minimum absolute atomic E-state index is 0.204. The summed E-state index contributed by atoms with van der Waals surface area (Å²) in [7, 11) is 0. The van der Waals surface area contributed by atoms with E-state index >= 15 is 0 Å². The second-order valence-electron chi connectivity index (χ2n) is 5.71. The molecule has 134 valence electrons. The second kappa shape index (κ2) is 7.05. The Kier molecular flexibility index (Phi) is 4.43. The van der Waals surface area contributed by atoms with E-state index in [1.54, 1.807) is 72.7 Å². The Morgan fingerprint density at radius 3 is 2.70 bits per heavy atom. The van der Waals surface area contributed by atoms with Gasteiger partial charge in [-0.3, -0.25) is 4.79 Å². The lowest BCUT2D eigenvalue weighted by Crippen LogP contribution is -2.16. The van der Waals surface area contributed by atoms with Crippen molar-refractivity contribution in [3.05, 3.63) is 77.5 Å². The van der Waals surface area contributed by atoms with Crippen molar-refractivity contribution in [1.29, 1.82) is 0 Å². The highest BCUT2D eigenvalue weighted by Crippen LogP contribution is 2.24. The number of hydrogen-bond acceptors (Lipinski definition) is 5. The summed E-state index contributed by atoms with van der Waals surface area (Å²) in [5.41, 5.74) is 1.46. The lowest BCUT2D eigenvalue weighted by molar-refractivity contribution is 0.102. The number of nitrogens with zero attached hydrogens (tertiary/aromatic N) is 4. The van der Waals surface area contributed by atoms with Crippen molar-refractivity contribution in [3.63, 3.8) is 0 Å². The molecule has 7 nitrogen and oxygen atoms in total. The van der Waals surface area contributed by atoms with Gasteiger partial charge in [-0.2, -0.15) is 5.10 Å². The maximum atomic E-state index is 12.7. The number of carbonyl (C=O) groups is 1. The standard InChI is InChI=1S/C19H14ClN5O2/c1-12-16(24-19(27-12)13-5-7-14(20)8-6-13)18(26)23-15-4-2-9-21-17(15)25-11-3-10-22-25/h2-11H,1H3,(H,23,26). The van der Waals surface area contributed by atoms with Gasteiger partial charge in [-0.15, -0.1) is 0 Å². The quantitative estimate of drug-likeness (QED) is 0.576. The first-order valence-corrected chi connectivity index (χ1v) is 8.49. The van der Waals surface area contributed by atoms with E-state index in [9.17, 15) is 4.79 Å². The van der Waals surface area contributed by atoms with Gasteiger partial charge in [0.15, 0.2) is 11.5 Å². The Morgan fingerprint density at radius 2 is 1.96 bits per heavy atom. The van der Waals surface area contributed by atoms with Crippen LogP contribution in [-0.2, 0) is 0 Å². The van der Waals surface area contributed by atoms with Gasteiger partial charge in [-0.05, 0) is 49.4 Å². The summed E-state index contributed by atoms with van der Waals surface area (Å²) >= 11 is 5.91. The van der Waals surface area contributed by atoms with Gasteiger partial charge in [-0.1, -0.05) is 11.6 Å². The molecule has 3 heterocycles. The van der Waals surface area contributed by atoms with E-state index in [4.69, 9.17) is 16.0 Å². The van der Waals surface area contributed by atoms with Crippen LogP contribution in [0, 0.1) is 6.92 Å². The largest absolute Gasteiger partial charge is 0.441 e. The summed E-state index contributed by atoms with van der Waals surface area (Å²) in [6.45, 7) is 1.69. The lowest BCUT2D eigenvalue weighted by Gasteiger charge is -2.08. The van der Waals surface area contributed by atoms with Gasteiger partial charge < -0.3 is 9.73 Å². The molecule has 8 heteroatoms. The Labute approximate surface area is 159 Å². The minimum atomic E-state index is -0.391. The topological polar surface area (TPSA) is 85.8 Å². The van der Waals surface area contributed by atoms with Crippen LogP contribution in [0.3, 0.4) is 0 Å². The number of halogens is 1. The van der Waals surface area contributed by atoms with Gasteiger partial charge in [0.1, 0.15) is 5.76 Å². The van der Waals surface area contributed by atoms with Gasteiger partial charge in [0.05, 0.1) is 5.69 Å². The zero-order chi connectivity index (χ0) is 18.8. The van der Waals surface area contributed by atoms with Crippen LogP contribution in [0.1, 0.15) is 16.2 Å². The molecule has 27 heavy (non-hydrogen) atoms. The van der Waals surface area contributed by atoms with E-state index in [1.807, 2.05) is 0 Å². The summed E-state index contributed by atoms with van der Waals surface area (Å²) < 4.78 is 7.23. The molecule has 3 aromatic heterocycles. The van der Waals surface area contributed by atoms with Crippen molar-refractivity contribution in [3.8, 4) is 17.3 Å². The number of carbonyl (C=O) groups excluding carboxylic acids is 1. The van der Waals surface area contributed by atoms with Gasteiger partial charge in [0.2, 0.25) is 5.89 Å². The highest BCUT2D eigenvalue weighted by atomic mass is 35.5. The molecule has 0 aliphatic carbocycles. The third kappa shape index (κ3) is 3.45. The van der Waals surface area contributed by atoms with Crippen LogP contribution < -0.4 is 5.32 Å². The van der Waals surface area contributed by atoms with Gasteiger partial charge in [0, 0.05) is 29.2 Å². The minimum Gasteiger partial charge on any atom is -0.441 e. The second-order valence-corrected chi connectivity index (χ2v) is 6.15. The van der Waals surface area contributed by atoms with Crippen LogP contribution in [0.5, 0.6) is 0 Å². The third-order valence-electron chi connectivity index (χ3n) is 3.86. The van der Waals surface area contributed by atoms with Crippen molar-refractivity contribution in [2.24, 2.45) is 0 Å². The Morgan fingerprint density at radius 1 is 1.15 bits per heavy atom. The number of amides is 1. The smallest absolute Gasteiger partial charge is 0.278 e. The zero-order valence-corrected chi connectivity index (χ0v) is 15.0. The van der Waals surface area contributed by atoms with E-state index in [1.165, 1.54) is 0 Å². The molecule has 1 amide bonds. The van der Waals surface area contributed by atoms with E-state index in [-0.39, 0.29) is 5.69 Å². The molecule has 0 fully saturated rings. The molecule has 0 aliphatic rings. The molecular formula is C19H14ClN5O2. The number of pyridine rings is 1. The number of nitrogens with one attached hydrogen (secondary N) is 1. The van der Waals surface area contributed by atoms with E-state index < -0.39 is 5.91 Å². The van der Waals surface area contributed by atoms with Crippen LogP contribution in [0.25, 0.3) is 17.3 Å². The molecule has 0 aliphatic heterocycles. The maximum Gasteiger partial charge on any atom is 0.278 e. The van der Waals surface area contributed by atoms with Gasteiger partial charge in [0.25, 0.3) is 5.91 Å². The molecule has 0 bridgehead atoms. The lowest BCUT2D eigenvalue weighted by atomic mass is 10.2. The summed E-state index contributed by atoms with van der Waals surface area (Å²) in [5, 5.41) is 7.59. The average molecular weight is 380 g/mol. The molecule has 4 aromatic rings. The number of rotatable bonds is 4. The van der Waals surface area contributed by atoms with Crippen LogP contribution in [0.4, 0.5) is 5.69 Å². The molecule has 0 saturated carbocycles. The first-order chi connectivity index (χ1) is 13.1. The monoisotopic (exact) mass is 379 g/mol. The molecule has 4 rings (SSSR count). The Hall–Kier alpha value is -3.45. The number of aryl methyl sites for hydroxylation is 1. The fourth-order valence-electron chi connectivity index (χ4n) is 2.58. The molecule has 0 unspecified atom stereocenters. The average Bonchev–Trinajstić information content (AvgIpc) is 3.33. The number of aromatic nitrogens is 4. The predicted octanol–water partition coefficient (Wildman–Crippen LogP) is 4.14. The van der Waals surface area contributed by atoms with Crippen molar-refractivity contribution >= 4 is 23.2 Å². The molecule has 0 saturated heterocycles. The van der Waals surface area contributed by atoms with Crippen molar-refractivity contribution < 1.29 is 9.21 Å². The summed E-state index contributed by atoms with van der Waals surface area (Å²) in [6, 6.07) is 12.3. The summed E-state index contributed by atoms with van der Waals surface area (Å²) in [4.78, 5) is 21.4. The molecule has 1 aromatic carbocycles. The predicted molar refractivity (Wildman–Crippen MR) is 101 cm³/mol. The molecule has 0 radical (unpaired) electrons. The highest BCUT2D eigenvalue weighted by Gasteiger charge is 2.20. The molecule has 1 N–H and O–H groups in total. The Balaban J connectivity index is 1.62. The summed E-state index contributed by atoms with van der Waals surface area (Å²) in [5.74, 6) is 0.891. The normalized spacial score (nSPS) is 10.7. The van der Waals surface area contributed by atoms with Crippen molar-refractivity contribution in [2.75, 3.05) is 5.32 Å². The summed E-state index contributed by atoms with van der Waals surface area (Å²) in [6.07, 6.45) is 5.02. The number of hydrogen-bond donors (Lipinski definition) is 1. The highest BCUT2D eigenvalue weighted by molar-refractivity contribution is 6.30. The molecular weight excluding hydrogens is 366 g/mol. The zero-order valence-electron chi connectivity index (χ0n) is 14.3. The van der Waals surface area contributed by atoms with Crippen LogP contribution in [0.15, 0.2) is 65.5 Å². The number of oxazole rings is 1. The van der Waals surface area contributed by atoms with Gasteiger partial charge >= 0.3 is 0 Å². The number of benzene rings is 1. The fourth-order valence-corrected chi connectivity index (χ4v) is 2.70. The number of anilines is 1. The van der Waals surface area contributed by atoms with E-state index in [0.717, 1.165) is 5.56 Å². The van der Waals surface area contributed by atoms with Crippen LogP contribution in [-0.4, -0.2) is 25.7 Å². The van der Waals surface area contributed by atoms with E-state index in [0.29, 0.717) is 28.2 Å². The third-order valence-corrected chi connectivity index (χ3v) is 4.11. The molecule has 0 atom stereocenters. The SMILES string of the molecule is Cc1oc(-c2ccc(Cl)cc2)nc1C(=O)Nc1cccnc1-n1cccn1. The maximum absolute atomic E-state index is 12.7.